The van der Waals surface area contributed by atoms with Crippen LogP contribution in [0.2, 0.25) is 0 Å². The van der Waals surface area contributed by atoms with Crippen LogP contribution in [0.15, 0.2) is 29.4 Å². The molecule has 0 atom stereocenters. The number of anilines is 1. The molecule has 0 N–H and O–H groups in total. The highest BCUT2D eigenvalue weighted by molar-refractivity contribution is 7.99. The molecule has 8 heteroatoms. The lowest BCUT2D eigenvalue weighted by Crippen LogP contribution is -2.34. The summed E-state index contributed by atoms with van der Waals surface area (Å²) in [6.45, 7) is 2.78. The van der Waals surface area contributed by atoms with Crippen LogP contribution in [0.25, 0.3) is 0 Å². The van der Waals surface area contributed by atoms with Gasteiger partial charge in [0.25, 0.3) is 0 Å². The van der Waals surface area contributed by atoms with Crippen molar-refractivity contribution in [3.63, 3.8) is 0 Å². The van der Waals surface area contributed by atoms with Crippen molar-refractivity contribution in [1.82, 2.24) is 19.7 Å². The van der Waals surface area contributed by atoms with Crippen LogP contribution >= 0.6 is 11.8 Å². The molecular formula is C22H29N5O2S. The third-order valence-corrected chi connectivity index (χ3v) is 7.02. The summed E-state index contributed by atoms with van der Waals surface area (Å²) >= 11 is 1.54. The van der Waals surface area contributed by atoms with E-state index in [0.29, 0.717) is 24.4 Å². The molecular weight excluding hydrogens is 398 g/mol. The number of hydrogen-bond donors (Lipinski definition) is 0. The van der Waals surface area contributed by atoms with Crippen LogP contribution in [0, 0.1) is 0 Å². The Balaban J connectivity index is 1.25. The Bertz CT molecular complexity index is 885. The monoisotopic (exact) mass is 427 g/mol. The Morgan fingerprint density at radius 2 is 1.87 bits per heavy atom. The maximum atomic E-state index is 13.1. The topological polar surface area (TPSA) is 63.5 Å². The first-order valence-corrected chi connectivity index (χ1v) is 12.0. The van der Waals surface area contributed by atoms with Crippen LogP contribution in [0.5, 0.6) is 5.75 Å². The number of nitrogens with zero attached hydrogens (tertiary/aromatic N) is 5. The van der Waals surface area contributed by atoms with E-state index >= 15 is 0 Å². The highest BCUT2D eigenvalue weighted by Crippen LogP contribution is 2.41. The molecule has 2 heterocycles. The zero-order chi connectivity index (χ0) is 20.5. The van der Waals surface area contributed by atoms with Crippen LogP contribution in [0.4, 0.5) is 5.95 Å². The number of amides is 1. The first kappa shape index (κ1) is 19.7. The van der Waals surface area contributed by atoms with Gasteiger partial charge < -0.3 is 14.5 Å². The largest absolute Gasteiger partial charge is 0.497 e. The molecule has 1 aliphatic heterocycles. The predicted octanol–water partition coefficient (Wildman–Crippen LogP) is 3.51. The van der Waals surface area contributed by atoms with E-state index in [4.69, 9.17) is 4.74 Å². The van der Waals surface area contributed by atoms with Gasteiger partial charge in [-0.1, -0.05) is 23.9 Å². The highest BCUT2D eigenvalue weighted by Gasteiger charge is 2.35. The van der Waals surface area contributed by atoms with Crippen molar-refractivity contribution in [2.45, 2.75) is 62.3 Å². The summed E-state index contributed by atoms with van der Waals surface area (Å²) < 4.78 is 7.53. The summed E-state index contributed by atoms with van der Waals surface area (Å²) in [7, 11) is 1.67. The van der Waals surface area contributed by atoms with E-state index in [-0.39, 0.29) is 5.91 Å². The lowest BCUT2D eigenvalue weighted by molar-refractivity contribution is -0.129. The standard InChI is InChI=1S/C22H29N5O2S/c1-29-19-10-4-16(5-11-19)14-26(17-6-7-17)20(28)15-30-22-24-23-21(25-12-2-3-13-25)27(22)18-8-9-18/h4-5,10-11,17-18H,2-3,6-9,12-15H2,1H3. The zero-order valence-corrected chi connectivity index (χ0v) is 18.3. The Labute approximate surface area is 181 Å². The molecule has 3 fully saturated rings. The van der Waals surface area contributed by atoms with Crippen molar-refractivity contribution in [3.05, 3.63) is 29.8 Å². The lowest BCUT2D eigenvalue weighted by atomic mass is 10.2. The normalized spacial score (nSPS) is 18.6. The average molecular weight is 428 g/mol. The fourth-order valence-corrected chi connectivity index (χ4v) is 4.98. The van der Waals surface area contributed by atoms with Crippen LogP contribution < -0.4 is 9.64 Å². The minimum absolute atomic E-state index is 0.186. The van der Waals surface area contributed by atoms with Crippen molar-refractivity contribution < 1.29 is 9.53 Å². The number of thioether (sulfide) groups is 1. The number of rotatable bonds is 9. The van der Waals surface area contributed by atoms with Gasteiger partial charge in [0.2, 0.25) is 11.9 Å². The summed E-state index contributed by atoms with van der Waals surface area (Å²) in [5, 5.41) is 9.86. The van der Waals surface area contributed by atoms with Crippen molar-refractivity contribution in [2.24, 2.45) is 0 Å². The fourth-order valence-electron chi connectivity index (χ4n) is 4.10. The Hall–Kier alpha value is -2.22. The van der Waals surface area contributed by atoms with Crippen molar-refractivity contribution >= 4 is 23.6 Å². The predicted molar refractivity (Wildman–Crippen MR) is 117 cm³/mol. The summed E-state index contributed by atoms with van der Waals surface area (Å²) in [4.78, 5) is 17.5. The summed E-state index contributed by atoms with van der Waals surface area (Å²) in [6, 6.07) is 8.88. The quantitative estimate of drug-likeness (QED) is 0.571. The number of benzene rings is 1. The van der Waals surface area contributed by atoms with Gasteiger partial charge in [-0.2, -0.15) is 0 Å². The smallest absolute Gasteiger partial charge is 0.233 e. The van der Waals surface area contributed by atoms with Crippen LogP contribution in [-0.2, 0) is 11.3 Å². The van der Waals surface area contributed by atoms with Gasteiger partial charge in [-0.15, -0.1) is 10.2 Å². The molecule has 160 valence electrons. The maximum Gasteiger partial charge on any atom is 0.233 e. The minimum Gasteiger partial charge on any atom is -0.497 e. The number of aromatic nitrogens is 3. The van der Waals surface area contributed by atoms with Crippen molar-refractivity contribution in [3.8, 4) is 5.75 Å². The van der Waals surface area contributed by atoms with E-state index in [1.807, 2.05) is 29.2 Å². The molecule has 1 aromatic carbocycles. The molecule has 1 amide bonds. The Morgan fingerprint density at radius 3 is 2.50 bits per heavy atom. The molecule has 0 spiro atoms. The Kier molecular flexibility index (Phi) is 5.58. The minimum atomic E-state index is 0.186. The number of ether oxygens (including phenoxy) is 1. The zero-order valence-electron chi connectivity index (χ0n) is 17.5. The molecule has 1 aromatic heterocycles. The number of carbonyl (C=O) groups excluding carboxylic acids is 1. The van der Waals surface area contributed by atoms with Gasteiger partial charge in [0, 0.05) is 31.7 Å². The fraction of sp³-hybridized carbons (Fsp3) is 0.591. The van der Waals surface area contributed by atoms with E-state index in [1.165, 1.54) is 25.7 Å². The second-order valence-corrected chi connectivity index (χ2v) is 9.41. The van der Waals surface area contributed by atoms with E-state index in [9.17, 15) is 4.79 Å². The SMILES string of the molecule is COc1ccc(CN(C(=O)CSc2nnc(N3CCCC3)n2C2CC2)C2CC2)cc1. The van der Waals surface area contributed by atoms with E-state index in [1.54, 1.807) is 18.9 Å². The van der Waals surface area contributed by atoms with Gasteiger partial charge in [0.15, 0.2) is 5.16 Å². The molecule has 0 unspecified atom stereocenters. The molecule has 0 radical (unpaired) electrons. The summed E-state index contributed by atoms with van der Waals surface area (Å²) in [5.74, 6) is 2.44. The second kappa shape index (κ2) is 8.49. The van der Waals surface area contributed by atoms with Crippen LogP contribution in [0.1, 0.15) is 50.1 Å². The van der Waals surface area contributed by atoms with Gasteiger partial charge in [-0.05, 0) is 56.2 Å². The summed E-state index contributed by atoms with van der Waals surface area (Å²) in [6.07, 6.45) is 7.02. The molecule has 2 saturated carbocycles. The lowest BCUT2D eigenvalue weighted by Gasteiger charge is -2.23. The van der Waals surface area contributed by atoms with Crippen LogP contribution in [0.3, 0.4) is 0 Å². The molecule has 0 bridgehead atoms. The van der Waals surface area contributed by atoms with Gasteiger partial charge in [-0.3, -0.25) is 9.36 Å². The molecule has 2 aliphatic carbocycles. The maximum absolute atomic E-state index is 13.1. The molecule has 5 rings (SSSR count). The van der Waals surface area contributed by atoms with Gasteiger partial charge in [0.1, 0.15) is 5.75 Å². The first-order chi connectivity index (χ1) is 14.7. The summed E-state index contributed by atoms with van der Waals surface area (Å²) in [5.41, 5.74) is 1.14. The van der Waals surface area contributed by atoms with E-state index in [2.05, 4.69) is 19.7 Å². The number of methoxy groups -OCH3 is 1. The Morgan fingerprint density at radius 1 is 1.13 bits per heavy atom. The van der Waals surface area contributed by atoms with Crippen molar-refractivity contribution in [1.29, 1.82) is 0 Å². The molecule has 3 aliphatic rings. The third kappa shape index (κ3) is 4.29. The molecule has 30 heavy (non-hydrogen) atoms. The van der Waals surface area contributed by atoms with E-state index in [0.717, 1.165) is 48.3 Å². The van der Waals surface area contributed by atoms with Gasteiger partial charge in [-0.25, -0.2) is 0 Å². The van der Waals surface area contributed by atoms with Crippen LogP contribution in [-0.4, -0.2) is 57.6 Å². The van der Waals surface area contributed by atoms with Gasteiger partial charge >= 0.3 is 0 Å². The second-order valence-electron chi connectivity index (χ2n) is 8.47. The van der Waals surface area contributed by atoms with E-state index < -0.39 is 0 Å². The molecule has 2 aromatic rings. The first-order valence-electron chi connectivity index (χ1n) is 11.0. The molecule has 7 nitrogen and oxygen atoms in total. The molecule has 1 saturated heterocycles. The third-order valence-electron chi connectivity index (χ3n) is 6.09. The highest BCUT2D eigenvalue weighted by atomic mass is 32.2. The number of carbonyl (C=O) groups is 1. The van der Waals surface area contributed by atoms with Gasteiger partial charge in [0.05, 0.1) is 12.9 Å². The van der Waals surface area contributed by atoms with Crippen molar-refractivity contribution in [2.75, 3.05) is 30.9 Å². The average Bonchev–Trinajstić information content (AvgIpc) is 3.70. The number of hydrogen-bond acceptors (Lipinski definition) is 6.